The molecule has 1 rings (SSSR count). The zero-order valence-corrected chi connectivity index (χ0v) is 12.3. The Balaban J connectivity index is 2.48. The van der Waals surface area contributed by atoms with Gasteiger partial charge in [0.2, 0.25) is 5.90 Å². The minimum absolute atomic E-state index is 0.290. The lowest BCUT2D eigenvalue weighted by atomic mass is 10.1. The van der Waals surface area contributed by atoms with Gasteiger partial charge >= 0.3 is 5.97 Å². The first-order valence-corrected chi connectivity index (χ1v) is 7.02. The van der Waals surface area contributed by atoms with Gasteiger partial charge < -0.3 is 9.64 Å². The van der Waals surface area contributed by atoms with Crippen LogP contribution in [-0.2, 0) is 9.53 Å². The van der Waals surface area contributed by atoms with Gasteiger partial charge in [-0.15, -0.1) is 0 Å². The van der Waals surface area contributed by atoms with Crippen LogP contribution in [-0.4, -0.2) is 45.5 Å². The van der Waals surface area contributed by atoms with E-state index in [0.717, 1.165) is 17.4 Å². The van der Waals surface area contributed by atoms with Crippen molar-refractivity contribution in [3.63, 3.8) is 0 Å². The van der Waals surface area contributed by atoms with E-state index in [9.17, 15) is 4.79 Å². The highest BCUT2D eigenvalue weighted by Crippen LogP contribution is 2.21. The standard InChI is InChI=1S/C11H18N2O2S2/c1-5-13(6-2)10(16)17-7-8-12-11(3,4)9(14)15-8/h5-7H2,1-4H3. The molecule has 1 aliphatic rings. The van der Waals surface area contributed by atoms with Crippen molar-refractivity contribution >= 4 is 40.2 Å². The van der Waals surface area contributed by atoms with Crippen LogP contribution in [0.5, 0.6) is 0 Å². The van der Waals surface area contributed by atoms with Gasteiger partial charge in [-0.25, -0.2) is 9.79 Å². The summed E-state index contributed by atoms with van der Waals surface area (Å²) in [4.78, 5) is 17.7. The average molecular weight is 274 g/mol. The number of rotatable bonds is 4. The largest absolute Gasteiger partial charge is 0.409 e. The van der Waals surface area contributed by atoms with E-state index in [-0.39, 0.29) is 5.97 Å². The molecule has 0 N–H and O–H groups in total. The third-order valence-corrected chi connectivity index (χ3v) is 3.96. The molecule has 17 heavy (non-hydrogen) atoms. The Morgan fingerprint density at radius 2 is 2.06 bits per heavy atom. The molecule has 0 radical (unpaired) electrons. The molecule has 0 aromatic carbocycles. The number of thiocarbonyl (C=S) groups is 1. The van der Waals surface area contributed by atoms with Gasteiger partial charge in [-0.3, -0.25) is 0 Å². The van der Waals surface area contributed by atoms with Crippen LogP contribution in [0.25, 0.3) is 0 Å². The van der Waals surface area contributed by atoms with Crippen molar-refractivity contribution in [2.45, 2.75) is 33.2 Å². The number of esters is 1. The van der Waals surface area contributed by atoms with Crippen LogP contribution in [0.15, 0.2) is 4.99 Å². The van der Waals surface area contributed by atoms with Gasteiger partial charge in [0.05, 0.1) is 5.75 Å². The average Bonchev–Trinajstić information content (AvgIpc) is 2.52. The first kappa shape index (κ1) is 14.4. The quantitative estimate of drug-likeness (QED) is 0.580. The van der Waals surface area contributed by atoms with Crippen LogP contribution in [0.1, 0.15) is 27.7 Å². The molecule has 0 unspecified atom stereocenters. The predicted molar refractivity (Wildman–Crippen MR) is 75.6 cm³/mol. The smallest absolute Gasteiger partial charge is 0.340 e. The molecule has 0 amide bonds. The molecule has 96 valence electrons. The molecule has 4 nitrogen and oxygen atoms in total. The van der Waals surface area contributed by atoms with E-state index in [1.165, 1.54) is 11.8 Å². The van der Waals surface area contributed by atoms with E-state index in [1.807, 2.05) is 0 Å². The maximum Gasteiger partial charge on any atom is 0.340 e. The van der Waals surface area contributed by atoms with Crippen LogP contribution >= 0.6 is 24.0 Å². The molecule has 1 heterocycles. The van der Waals surface area contributed by atoms with Crippen molar-refractivity contribution < 1.29 is 9.53 Å². The molecule has 0 bridgehead atoms. The lowest BCUT2D eigenvalue weighted by Gasteiger charge is -2.20. The summed E-state index contributed by atoms with van der Waals surface area (Å²) >= 11 is 6.77. The van der Waals surface area contributed by atoms with E-state index in [4.69, 9.17) is 17.0 Å². The Hall–Kier alpha value is -0.620. The van der Waals surface area contributed by atoms with Gasteiger partial charge in [-0.2, -0.15) is 0 Å². The minimum Gasteiger partial charge on any atom is -0.409 e. The molecule has 0 saturated heterocycles. The molecule has 0 fully saturated rings. The zero-order valence-electron chi connectivity index (χ0n) is 10.6. The summed E-state index contributed by atoms with van der Waals surface area (Å²) in [5.41, 5.74) is -0.743. The lowest BCUT2D eigenvalue weighted by molar-refractivity contribution is -0.137. The highest BCUT2D eigenvalue weighted by molar-refractivity contribution is 8.23. The first-order valence-electron chi connectivity index (χ1n) is 5.63. The Bertz CT molecular complexity index is 349. The predicted octanol–water partition coefficient (Wildman–Crippen LogP) is 2.08. The van der Waals surface area contributed by atoms with Crippen LogP contribution in [0, 0.1) is 0 Å². The fraction of sp³-hybridized carbons (Fsp3) is 0.727. The van der Waals surface area contributed by atoms with Gasteiger partial charge in [-0.05, 0) is 27.7 Å². The fourth-order valence-corrected chi connectivity index (χ4v) is 2.62. The van der Waals surface area contributed by atoms with Crippen LogP contribution in [0.4, 0.5) is 0 Å². The maximum absolute atomic E-state index is 11.4. The van der Waals surface area contributed by atoms with Gasteiger partial charge in [0, 0.05) is 13.1 Å². The number of cyclic esters (lactones) is 1. The second kappa shape index (κ2) is 5.82. The first-order chi connectivity index (χ1) is 7.90. The summed E-state index contributed by atoms with van der Waals surface area (Å²) in [7, 11) is 0. The lowest BCUT2D eigenvalue weighted by Crippen LogP contribution is -2.27. The number of nitrogens with zero attached hydrogens (tertiary/aromatic N) is 2. The number of hydrogen-bond donors (Lipinski definition) is 0. The van der Waals surface area contributed by atoms with Crippen LogP contribution < -0.4 is 0 Å². The number of carbonyl (C=O) groups excluding carboxylic acids is 1. The number of aliphatic imine (C=N–C) groups is 1. The Morgan fingerprint density at radius 1 is 1.47 bits per heavy atom. The van der Waals surface area contributed by atoms with Crippen molar-refractivity contribution in [2.24, 2.45) is 4.99 Å². The summed E-state index contributed by atoms with van der Waals surface area (Å²) in [5, 5.41) is 0. The number of ether oxygens (including phenoxy) is 1. The molecule has 1 aliphatic heterocycles. The monoisotopic (exact) mass is 274 g/mol. The molecule has 0 aromatic rings. The summed E-state index contributed by atoms with van der Waals surface area (Å²) < 4.78 is 5.90. The minimum atomic E-state index is -0.743. The molecule has 0 spiro atoms. The third kappa shape index (κ3) is 3.67. The van der Waals surface area contributed by atoms with Gasteiger partial charge in [0.15, 0.2) is 5.54 Å². The second-order valence-electron chi connectivity index (χ2n) is 4.18. The van der Waals surface area contributed by atoms with Crippen LogP contribution in [0.3, 0.4) is 0 Å². The number of carbonyl (C=O) groups is 1. The molecule has 6 heteroatoms. The molecule has 0 aliphatic carbocycles. The van der Waals surface area contributed by atoms with Crippen molar-refractivity contribution in [2.75, 3.05) is 18.8 Å². The molecule has 0 aromatic heterocycles. The van der Waals surface area contributed by atoms with E-state index < -0.39 is 5.54 Å². The zero-order chi connectivity index (χ0) is 13.1. The SMILES string of the molecule is CCN(CC)C(=S)SCC1=NC(C)(C)C(=O)O1. The summed E-state index contributed by atoms with van der Waals surface area (Å²) in [6.07, 6.45) is 0. The topological polar surface area (TPSA) is 41.9 Å². The van der Waals surface area contributed by atoms with Gasteiger partial charge in [0.25, 0.3) is 0 Å². The Labute approximate surface area is 112 Å². The van der Waals surface area contributed by atoms with Gasteiger partial charge in [-0.1, -0.05) is 24.0 Å². The van der Waals surface area contributed by atoms with Crippen molar-refractivity contribution in [1.29, 1.82) is 0 Å². The van der Waals surface area contributed by atoms with E-state index >= 15 is 0 Å². The molecule has 0 saturated carbocycles. The Kier molecular flexibility index (Phi) is 4.94. The summed E-state index contributed by atoms with van der Waals surface area (Å²) in [6.45, 7) is 9.39. The van der Waals surface area contributed by atoms with Crippen LogP contribution in [0.2, 0.25) is 0 Å². The van der Waals surface area contributed by atoms with E-state index in [1.54, 1.807) is 13.8 Å². The highest BCUT2D eigenvalue weighted by Gasteiger charge is 2.36. The maximum atomic E-state index is 11.4. The fourth-order valence-electron chi connectivity index (χ4n) is 1.37. The second-order valence-corrected chi connectivity index (χ2v) is 5.79. The van der Waals surface area contributed by atoms with Crippen molar-refractivity contribution in [1.82, 2.24) is 4.90 Å². The molecule has 0 atom stereocenters. The van der Waals surface area contributed by atoms with Crippen molar-refractivity contribution in [3.8, 4) is 0 Å². The normalized spacial score (nSPS) is 17.6. The Morgan fingerprint density at radius 3 is 2.47 bits per heavy atom. The number of thioether (sulfide) groups is 1. The van der Waals surface area contributed by atoms with E-state index in [2.05, 4.69) is 23.7 Å². The number of hydrogen-bond acceptors (Lipinski definition) is 5. The highest BCUT2D eigenvalue weighted by atomic mass is 32.2. The molecular formula is C11H18N2O2S2. The van der Waals surface area contributed by atoms with Gasteiger partial charge in [0.1, 0.15) is 4.32 Å². The summed E-state index contributed by atoms with van der Waals surface area (Å²) in [6, 6.07) is 0. The van der Waals surface area contributed by atoms with E-state index in [0.29, 0.717) is 11.7 Å². The molecular weight excluding hydrogens is 256 g/mol. The third-order valence-electron chi connectivity index (χ3n) is 2.46. The summed E-state index contributed by atoms with van der Waals surface area (Å²) in [5.74, 6) is 0.700. The van der Waals surface area contributed by atoms with Crippen molar-refractivity contribution in [3.05, 3.63) is 0 Å².